The first-order valence-corrected chi connectivity index (χ1v) is 4.47. The second-order valence-corrected chi connectivity index (χ2v) is 3.20. The van der Waals surface area contributed by atoms with Crippen LogP contribution in [0.1, 0.15) is 18.7 Å². The topological polar surface area (TPSA) is 56.7 Å². The lowest BCUT2D eigenvalue weighted by atomic mass is 10.2. The summed E-state index contributed by atoms with van der Waals surface area (Å²) < 4.78 is 1.90. The molecule has 4 nitrogen and oxygen atoms in total. The van der Waals surface area contributed by atoms with Crippen molar-refractivity contribution >= 4 is 0 Å². The van der Waals surface area contributed by atoms with Gasteiger partial charge in [-0.1, -0.05) is 0 Å². The molecule has 1 atom stereocenters. The van der Waals surface area contributed by atoms with Crippen molar-refractivity contribution in [3.63, 3.8) is 0 Å². The molecule has 0 bridgehead atoms. The average Bonchev–Trinajstić information content (AvgIpc) is 2.71. The van der Waals surface area contributed by atoms with Gasteiger partial charge in [0.1, 0.15) is 0 Å². The Morgan fingerprint density at radius 3 is 2.79 bits per heavy atom. The van der Waals surface area contributed by atoms with E-state index >= 15 is 0 Å². The summed E-state index contributed by atoms with van der Waals surface area (Å²) in [6, 6.07) is 3.89. The van der Waals surface area contributed by atoms with Crippen LogP contribution in [0.2, 0.25) is 0 Å². The number of nitrogens with zero attached hydrogens (tertiary/aromatic N) is 3. The third-order valence-corrected chi connectivity index (χ3v) is 2.04. The van der Waals surface area contributed by atoms with E-state index in [2.05, 4.69) is 9.97 Å². The summed E-state index contributed by atoms with van der Waals surface area (Å²) >= 11 is 0. The molecular weight excluding hydrogens is 176 g/mol. The molecule has 2 heterocycles. The Hall–Kier alpha value is -1.68. The van der Waals surface area contributed by atoms with Gasteiger partial charge in [-0.25, -0.2) is 4.98 Å². The Morgan fingerprint density at radius 1 is 1.43 bits per heavy atom. The molecule has 0 amide bonds. The first-order chi connectivity index (χ1) is 6.77. The van der Waals surface area contributed by atoms with E-state index in [1.807, 2.05) is 29.8 Å². The van der Waals surface area contributed by atoms with Gasteiger partial charge in [0.25, 0.3) is 0 Å². The molecule has 0 saturated heterocycles. The van der Waals surface area contributed by atoms with E-state index in [0.29, 0.717) is 0 Å². The number of aromatic nitrogens is 3. The van der Waals surface area contributed by atoms with Crippen LogP contribution in [0.25, 0.3) is 5.69 Å². The number of pyridine rings is 1. The fraction of sp³-hybridized carbons (Fsp3) is 0.200. The van der Waals surface area contributed by atoms with Crippen LogP contribution in [0, 0.1) is 0 Å². The van der Waals surface area contributed by atoms with E-state index in [4.69, 9.17) is 5.73 Å². The van der Waals surface area contributed by atoms with Gasteiger partial charge < -0.3 is 10.3 Å². The van der Waals surface area contributed by atoms with Crippen LogP contribution in [0.5, 0.6) is 0 Å². The van der Waals surface area contributed by atoms with E-state index in [1.165, 1.54) is 0 Å². The van der Waals surface area contributed by atoms with Gasteiger partial charge in [-0.2, -0.15) is 0 Å². The van der Waals surface area contributed by atoms with Crippen molar-refractivity contribution < 1.29 is 0 Å². The molecule has 0 aliphatic rings. The van der Waals surface area contributed by atoms with Gasteiger partial charge in [0, 0.05) is 18.4 Å². The number of imidazole rings is 1. The zero-order valence-electron chi connectivity index (χ0n) is 7.96. The maximum Gasteiger partial charge on any atom is 0.0992 e. The summed E-state index contributed by atoms with van der Waals surface area (Å²) in [5, 5.41) is 0. The van der Waals surface area contributed by atoms with Crippen LogP contribution in [-0.2, 0) is 0 Å². The minimum Gasteiger partial charge on any atom is -0.323 e. The molecule has 0 fully saturated rings. The average molecular weight is 188 g/mol. The van der Waals surface area contributed by atoms with Crippen molar-refractivity contribution in [3.05, 3.63) is 42.7 Å². The fourth-order valence-corrected chi connectivity index (χ4v) is 1.23. The van der Waals surface area contributed by atoms with Crippen LogP contribution in [0.3, 0.4) is 0 Å². The largest absolute Gasteiger partial charge is 0.323 e. The van der Waals surface area contributed by atoms with Crippen molar-refractivity contribution in [2.45, 2.75) is 13.0 Å². The summed E-state index contributed by atoms with van der Waals surface area (Å²) in [5.74, 6) is 0. The number of rotatable bonds is 2. The lowest BCUT2D eigenvalue weighted by Gasteiger charge is -2.05. The SMILES string of the molecule is C[C@@H](N)c1ccc(-n2ccnc2)cn1. The van der Waals surface area contributed by atoms with E-state index in [1.54, 1.807) is 18.7 Å². The maximum atomic E-state index is 5.70. The van der Waals surface area contributed by atoms with Gasteiger partial charge in [0.15, 0.2) is 0 Å². The van der Waals surface area contributed by atoms with Crippen LogP contribution < -0.4 is 5.73 Å². The lowest BCUT2D eigenvalue weighted by molar-refractivity contribution is 0.779. The highest BCUT2D eigenvalue weighted by Crippen LogP contribution is 2.09. The third-order valence-electron chi connectivity index (χ3n) is 2.04. The van der Waals surface area contributed by atoms with Gasteiger partial charge in [-0.3, -0.25) is 4.98 Å². The Bertz CT molecular complexity index is 389. The molecule has 4 heteroatoms. The molecule has 0 unspecified atom stereocenters. The number of nitrogens with two attached hydrogens (primary N) is 1. The van der Waals surface area contributed by atoms with E-state index in [-0.39, 0.29) is 6.04 Å². The summed E-state index contributed by atoms with van der Waals surface area (Å²) in [5.41, 5.74) is 7.59. The standard InChI is InChI=1S/C10H12N4/c1-8(11)10-3-2-9(6-13-10)14-5-4-12-7-14/h2-8H,11H2,1H3/t8-/m1/s1. The quantitative estimate of drug-likeness (QED) is 0.772. The summed E-state index contributed by atoms with van der Waals surface area (Å²) in [7, 11) is 0. The zero-order valence-corrected chi connectivity index (χ0v) is 7.96. The smallest absolute Gasteiger partial charge is 0.0992 e. The summed E-state index contributed by atoms with van der Waals surface area (Å²) in [6.45, 7) is 1.92. The minimum absolute atomic E-state index is 0.0214. The highest BCUT2D eigenvalue weighted by Gasteiger charge is 2.01. The van der Waals surface area contributed by atoms with Gasteiger partial charge >= 0.3 is 0 Å². The van der Waals surface area contributed by atoms with Gasteiger partial charge in [0.2, 0.25) is 0 Å². The maximum absolute atomic E-state index is 5.70. The Balaban J connectivity index is 2.31. The monoisotopic (exact) mass is 188 g/mol. The van der Waals surface area contributed by atoms with Crippen molar-refractivity contribution in [2.75, 3.05) is 0 Å². The molecule has 0 spiro atoms. The second-order valence-electron chi connectivity index (χ2n) is 3.20. The molecule has 2 aromatic heterocycles. The summed E-state index contributed by atoms with van der Waals surface area (Å²) in [6.07, 6.45) is 7.14. The Morgan fingerprint density at radius 2 is 2.29 bits per heavy atom. The molecule has 2 aromatic rings. The predicted molar refractivity (Wildman–Crippen MR) is 54.0 cm³/mol. The highest BCUT2D eigenvalue weighted by molar-refractivity contribution is 5.29. The second kappa shape index (κ2) is 3.59. The minimum atomic E-state index is -0.0214. The van der Waals surface area contributed by atoms with Crippen molar-refractivity contribution in [1.82, 2.24) is 14.5 Å². The summed E-state index contributed by atoms with van der Waals surface area (Å²) in [4.78, 5) is 8.23. The van der Waals surface area contributed by atoms with Crippen LogP contribution >= 0.6 is 0 Å². The van der Waals surface area contributed by atoms with Crippen LogP contribution in [0.4, 0.5) is 0 Å². The van der Waals surface area contributed by atoms with Gasteiger partial charge in [0.05, 0.1) is 23.9 Å². The third kappa shape index (κ3) is 1.65. The molecule has 0 saturated carbocycles. The van der Waals surface area contributed by atoms with Gasteiger partial charge in [-0.05, 0) is 19.1 Å². The molecular formula is C10H12N4. The normalized spacial score (nSPS) is 12.7. The van der Waals surface area contributed by atoms with Crippen LogP contribution in [0.15, 0.2) is 37.1 Å². The van der Waals surface area contributed by atoms with E-state index in [9.17, 15) is 0 Å². The predicted octanol–water partition coefficient (Wildman–Crippen LogP) is 1.29. The number of hydrogen-bond acceptors (Lipinski definition) is 3. The molecule has 72 valence electrons. The highest BCUT2D eigenvalue weighted by atomic mass is 15.0. The lowest BCUT2D eigenvalue weighted by Crippen LogP contribution is -2.07. The Labute approximate surface area is 82.4 Å². The molecule has 0 aliphatic carbocycles. The molecule has 2 rings (SSSR count). The molecule has 0 radical (unpaired) electrons. The first kappa shape index (κ1) is 8.90. The van der Waals surface area contributed by atoms with Crippen LogP contribution in [-0.4, -0.2) is 14.5 Å². The zero-order chi connectivity index (χ0) is 9.97. The first-order valence-electron chi connectivity index (χ1n) is 4.47. The molecule has 0 aromatic carbocycles. The van der Waals surface area contributed by atoms with Crippen molar-refractivity contribution in [2.24, 2.45) is 5.73 Å². The van der Waals surface area contributed by atoms with Crippen molar-refractivity contribution in [3.8, 4) is 5.69 Å². The number of hydrogen-bond donors (Lipinski definition) is 1. The molecule has 0 aliphatic heterocycles. The van der Waals surface area contributed by atoms with Crippen molar-refractivity contribution in [1.29, 1.82) is 0 Å². The van der Waals surface area contributed by atoms with Gasteiger partial charge in [-0.15, -0.1) is 0 Å². The van der Waals surface area contributed by atoms with E-state index < -0.39 is 0 Å². The molecule has 14 heavy (non-hydrogen) atoms. The fourth-order valence-electron chi connectivity index (χ4n) is 1.23. The Kier molecular flexibility index (Phi) is 2.28. The molecule has 2 N–H and O–H groups in total. The van der Waals surface area contributed by atoms with E-state index in [0.717, 1.165) is 11.4 Å².